The smallest absolute Gasteiger partial charge is 0.141 e. The van der Waals surface area contributed by atoms with Gasteiger partial charge in [-0.05, 0) is 28.9 Å². The molecule has 0 heterocycles. The molecule has 0 aliphatic heterocycles. The molecule has 4 heteroatoms. The van der Waals surface area contributed by atoms with E-state index in [1.54, 1.807) is 12.1 Å². The number of hydrogen-bond donors (Lipinski definition) is 2. The number of nitrogens with one attached hydrogen (secondary N) is 2. The molecule has 1 unspecified atom stereocenters. The molecular weight excluding hydrogens is 283 g/mol. The zero-order valence-electron chi connectivity index (χ0n) is 10.6. The third-order valence-electron chi connectivity index (χ3n) is 2.50. The van der Waals surface area contributed by atoms with Crippen molar-refractivity contribution in [3.05, 3.63) is 34.1 Å². The predicted molar refractivity (Wildman–Crippen MR) is 73.5 cm³/mol. The Labute approximate surface area is 111 Å². The maximum Gasteiger partial charge on any atom is 0.141 e. The molecule has 96 valence electrons. The Balaban J connectivity index is 2.42. The Kier molecular flexibility index (Phi) is 6.09. The molecule has 0 aliphatic rings. The van der Waals surface area contributed by atoms with E-state index in [0.29, 0.717) is 28.7 Å². The van der Waals surface area contributed by atoms with Gasteiger partial charge in [-0.25, -0.2) is 4.39 Å². The van der Waals surface area contributed by atoms with Crippen LogP contribution in [0.4, 0.5) is 4.39 Å². The van der Waals surface area contributed by atoms with Crippen molar-refractivity contribution in [2.75, 3.05) is 6.54 Å². The van der Waals surface area contributed by atoms with Crippen LogP contribution in [-0.2, 0) is 6.54 Å². The SMILES string of the molecule is CC(C)NCC(C)NCc1cccc(Br)c1F. The lowest BCUT2D eigenvalue weighted by Gasteiger charge is -2.17. The molecule has 0 radical (unpaired) electrons. The van der Waals surface area contributed by atoms with Gasteiger partial charge in [-0.2, -0.15) is 0 Å². The van der Waals surface area contributed by atoms with Crippen molar-refractivity contribution in [1.29, 1.82) is 0 Å². The lowest BCUT2D eigenvalue weighted by atomic mass is 10.2. The molecule has 1 atom stereocenters. The third-order valence-corrected chi connectivity index (χ3v) is 3.12. The Morgan fingerprint density at radius 1 is 1.24 bits per heavy atom. The zero-order chi connectivity index (χ0) is 12.8. The summed E-state index contributed by atoms with van der Waals surface area (Å²) < 4.78 is 14.2. The summed E-state index contributed by atoms with van der Waals surface area (Å²) in [5, 5.41) is 6.64. The molecule has 0 aliphatic carbocycles. The van der Waals surface area contributed by atoms with Crippen LogP contribution in [0.1, 0.15) is 26.3 Å². The highest BCUT2D eigenvalue weighted by Gasteiger charge is 2.07. The molecule has 0 amide bonds. The quantitative estimate of drug-likeness (QED) is 0.844. The fourth-order valence-electron chi connectivity index (χ4n) is 1.45. The van der Waals surface area contributed by atoms with E-state index in [1.165, 1.54) is 0 Å². The van der Waals surface area contributed by atoms with Gasteiger partial charge in [0.15, 0.2) is 0 Å². The van der Waals surface area contributed by atoms with Gasteiger partial charge in [0, 0.05) is 30.7 Å². The van der Waals surface area contributed by atoms with Crippen molar-refractivity contribution >= 4 is 15.9 Å². The van der Waals surface area contributed by atoms with Crippen molar-refractivity contribution in [3.63, 3.8) is 0 Å². The standard InChI is InChI=1S/C13H20BrFN2/c1-9(2)16-7-10(3)17-8-11-5-4-6-12(14)13(11)15/h4-6,9-10,16-17H,7-8H2,1-3H3. The minimum atomic E-state index is -0.177. The fourth-order valence-corrected chi connectivity index (χ4v) is 1.86. The van der Waals surface area contributed by atoms with Gasteiger partial charge in [-0.1, -0.05) is 26.0 Å². The summed E-state index contributed by atoms with van der Waals surface area (Å²) in [4.78, 5) is 0. The van der Waals surface area contributed by atoms with Gasteiger partial charge < -0.3 is 10.6 Å². The molecule has 0 saturated carbocycles. The summed E-state index contributed by atoms with van der Waals surface area (Å²) >= 11 is 3.19. The fraction of sp³-hybridized carbons (Fsp3) is 0.538. The Morgan fingerprint density at radius 3 is 2.59 bits per heavy atom. The highest BCUT2D eigenvalue weighted by atomic mass is 79.9. The molecule has 1 rings (SSSR count). The van der Waals surface area contributed by atoms with Gasteiger partial charge in [-0.15, -0.1) is 0 Å². The summed E-state index contributed by atoms with van der Waals surface area (Å²) in [7, 11) is 0. The summed E-state index contributed by atoms with van der Waals surface area (Å²) in [6, 6.07) is 6.15. The van der Waals surface area contributed by atoms with E-state index >= 15 is 0 Å². The summed E-state index contributed by atoms with van der Waals surface area (Å²) in [5.74, 6) is -0.177. The largest absolute Gasteiger partial charge is 0.313 e. The highest BCUT2D eigenvalue weighted by molar-refractivity contribution is 9.10. The number of halogens is 2. The Morgan fingerprint density at radius 2 is 1.94 bits per heavy atom. The van der Waals surface area contributed by atoms with Gasteiger partial charge in [-0.3, -0.25) is 0 Å². The number of benzene rings is 1. The van der Waals surface area contributed by atoms with Crippen LogP contribution in [-0.4, -0.2) is 18.6 Å². The number of rotatable bonds is 6. The van der Waals surface area contributed by atoms with Crippen molar-refractivity contribution in [3.8, 4) is 0 Å². The third kappa shape index (κ3) is 5.15. The molecule has 2 nitrogen and oxygen atoms in total. The van der Waals surface area contributed by atoms with E-state index in [9.17, 15) is 4.39 Å². The van der Waals surface area contributed by atoms with Crippen LogP contribution in [0, 0.1) is 5.82 Å². The van der Waals surface area contributed by atoms with Gasteiger partial charge >= 0.3 is 0 Å². The van der Waals surface area contributed by atoms with Crippen molar-refractivity contribution in [2.45, 2.75) is 39.4 Å². The second-order valence-electron chi connectivity index (χ2n) is 4.56. The first kappa shape index (κ1) is 14.6. The molecule has 1 aromatic rings. The summed E-state index contributed by atoms with van der Waals surface area (Å²) in [6.07, 6.45) is 0. The minimum absolute atomic E-state index is 0.177. The number of hydrogen-bond acceptors (Lipinski definition) is 2. The molecular formula is C13H20BrFN2. The molecule has 0 spiro atoms. The van der Waals surface area contributed by atoms with E-state index in [2.05, 4.69) is 47.3 Å². The van der Waals surface area contributed by atoms with Gasteiger partial charge in [0.1, 0.15) is 5.82 Å². The van der Waals surface area contributed by atoms with Crippen LogP contribution in [0.5, 0.6) is 0 Å². The molecule has 17 heavy (non-hydrogen) atoms. The van der Waals surface area contributed by atoms with E-state index < -0.39 is 0 Å². The van der Waals surface area contributed by atoms with Crippen LogP contribution in [0.3, 0.4) is 0 Å². The van der Waals surface area contributed by atoms with Crippen LogP contribution < -0.4 is 10.6 Å². The van der Waals surface area contributed by atoms with E-state index in [-0.39, 0.29) is 5.82 Å². The second-order valence-corrected chi connectivity index (χ2v) is 5.41. The molecule has 0 fully saturated rings. The first-order valence-electron chi connectivity index (χ1n) is 5.90. The maximum atomic E-state index is 13.7. The predicted octanol–water partition coefficient (Wildman–Crippen LogP) is 3.06. The van der Waals surface area contributed by atoms with Crippen molar-refractivity contribution in [2.24, 2.45) is 0 Å². The maximum absolute atomic E-state index is 13.7. The molecule has 2 N–H and O–H groups in total. The Hall–Kier alpha value is -0.450. The second kappa shape index (κ2) is 7.09. The van der Waals surface area contributed by atoms with Crippen LogP contribution >= 0.6 is 15.9 Å². The van der Waals surface area contributed by atoms with Gasteiger partial charge in [0.25, 0.3) is 0 Å². The van der Waals surface area contributed by atoms with Crippen LogP contribution in [0.15, 0.2) is 22.7 Å². The van der Waals surface area contributed by atoms with Gasteiger partial charge in [0.05, 0.1) is 4.47 Å². The van der Waals surface area contributed by atoms with Gasteiger partial charge in [0.2, 0.25) is 0 Å². The van der Waals surface area contributed by atoms with E-state index in [0.717, 1.165) is 6.54 Å². The average Bonchev–Trinajstić information content (AvgIpc) is 2.28. The first-order chi connectivity index (χ1) is 8.00. The van der Waals surface area contributed by atoms with Crippen LogP contribution in [0.2, 0.25) is 0 Å². The highest BCUT2D eigenvalue weighted by Crippen LogP contribution is 2.18. The molecule has 0 bridgehead atoms. The lowest BCUT2D eigenvalue weighted by Crippen LogP contribution is -2.38. The average molecular weight is 303 g/mol. The topological polar surface area (TPSA) is 24.1 Å². The summed E-state index contributed by atoms with van der Waals surface area (Å²) in [5.41, 5.74) is 0.691. The van der Waals surface area contributed by atoms with Crippen molar-refractivity contribution < 1.29 is 4.39 Å². The van der Waals surface area contributed by atoms with E-state index in [1.807, 2.05) is 6.07 Å². The lowest BCUT2D eigenvalue weighted by molar-refractivity contribution is 0.467. The Bertz CT molecular complexity index is 355. The molecule has 0 aromatic heterocycles. The van der Waals surface area contributed by atoms with Crippen molar-refractivity contribution in [1.82, 2.24) is 10.6 Å². The normalized spacial score (nSPS) is 13.1. The molecule has 0 saturated heterocycles. The first-order valence-corrected chi connectivity index (χ1v) is 6.69. The van der Waals surface area contributed by atoms with E-state index in [4.69, 9.17) is 0 Å². The minimum Gasteiger partial charge on any atom is -0.313 e. The van der Waals surface area contributed by atoms with Crippen LogP contribution in [0.25, 0.3) is 0 Å². The monoisotopic (exact) mass is 302 g/mol. The summed E-state index contributed by atoms with van der Waals surface area (Å²) in [6.45, 7) is 7.74. The molecule has 1 aromatic carbocycles. The zero-order valence-corrected chi connectivity index (χ0v) is 12.1.